The second-order valence-electron chi connectivity index (χ2n) is 6.65. The smallest absolute Gasteiger partial charge is 0.413 e. The molecule has 0 radical (unpaired) electrons. The number of amides is 1. The Labute approximate surface area is 172 Å². The number of fused-ring (bicyclic) bond motifs is 1. The van der Waals surface area contributed by atoms with Crippen LogP contribution in [0, 0.1) is 0 Å². The average molecular weight is 424 g/mol. The third kappa shape index (κ3) is 5.83. The van der Waals surface area contributed by atoms with Crippen molar-refractivity contribution in [2.24, 2.45) is 5.73 Å². The molecule has 0 spiro atoms. The fraction of sp³-hybridized carbons (Fsp3) is 0.474. The van der Waals surface area contributed by atoms with E-state index >= 15 is 0 Å². The summed E-state index contributed by atoms with van der Waals surface area (Å²) in [5.74, 6) is -1.38. The molecule has 1 aromatic carbocycles. The first-order valence-corrected chi connectivity index (χ1v) is 9.15. The van der Waals surface area contributed by atoms with Crippen LogP contribution in [0.5, 0.6) is 11.5 Å². The molecule has 0 saturated heterocycles. The number of nitrogens with two attached hydrogens (primary N) is 1. The summed E-state index contributed by atoms with van der Waals surface area (Å²) >= 11 is 0. The van der Waals surface area contributed by atoms with Crippen LogP contribution in [-0.2, 0) is 19.1 Å². The molecule has 1 amide bonds. The number of esters is 1. The fourth-order valence-corrected chi connectivity index (χ4v) is 2.52. The van der Waals surface area contributed by atoms with E-state index in [1.165, 1.54) is 27.0 Å². The molecule has 0 aromatic heterocycles. The highest BCUT2D eigenvalue weighted by molar-refractivity contribution is 6.01. The lowest BCUT2D eigenvalue weighted by atomic mass is 10.0. The molecule has 0 fully saturated rings. The van der Waals surface area contributed by atoms with Crippen LogP contribution in [0.15, 0.2) is 18.2 Å². The summed E-state index contributed by atoms with van der Waals surface area (Å²) in [4.78, 5) is 48.4. The zero-order valence-electron chi connectivity index (χ0n) is 16.8. The van der Waals surface area contributed by atoms with Crippen molar-refractivity contribution in [1.29, 1.82) is 0 Å². The lowest BCUT2D eigenvalue weighted by molar-refractivity contribution is -0.167. The minimum atomic E-state index is -1.28. The minimum Gasteiger partial charge on any atom is -0.481 e. The molecule has 164 valence electrons. The van der Waals surface area contributed by atoms with E-state index in [4.69, 9.17) is 29.8 Å². The first-order chi connectivity index (χ1) is 14.1. The summed E-state index contributed by atoms with van der Waals surface area (Å²) in [5, 5.41) is 8.61. The normalized spacial score (nSPS) is 14.9. The van der Waals surface area contributed by atoms with Gasteiger partial charge in [-0.25, -0.2) is 4.79 Å². The summed E-state index contributed by atoms with van der Waals surface area (Å²) in [5.41, 5.74) is 5.87. The van der Waals surface area contributed by atoms with E-state index in [2.05, 4.69) is 0 Å². The Kier molecular flexibility index (Phi) is 7.59. The van der Waals surface area contributed by atoms with Gasteiger partial charge in [0.1, 0.15) is 6.04 Å². The van der Waals surface area contributed by atoms with Gasteiger partial charge in [-0.2, -0.15) is 0 Å². The predicted molar refractivity (Wildman–Crippen MR) is 101 cm³/mol. The van der Waals surface area contributed by atoms with E-state index in [-0.39, 0.29) is 25.4 Å². The van der Waals surface area contributed by atoms with Crippen LogP contribution in [0.25, 0.3) is 0 Å². The van der Waals surface area contributed by atoms with Crippen LogP contribution >= 0.6 is 0 Å². The van der Waals surface area contributed by atoms with Crippen LogP contribution in [0.4, 0.5) is 4.79 Å². The van der Waals surface area contributed by atoms with Crippen LogP contribution in [-0.4, -0.2) is 66.0 Å². The van der Waals surface area contributed by atoms with Gasteiger partial charge >= 0.3 is 18.0 Å². The summed E-state index contributed by atoms with van der Waals surface area (Å²) in [6.45, 7) is 2.90. The number of nitrogens with zero attached hydrogens (tertiary/aromatic N) is 1. The quantitative estimate of drug-likeness (QED) is 0.335. The van der Waals surface area contributed by atoms with E-state index in [9.17, 15) is 19.2 Å². The Balaban J connectivity index is 1.88. The van der Waals surface area contributed by atoms with Crippen molar-refractivity contribution in [3.05, 3.63) is 23.8 Å². The van der Waals surface area contributed by atoms with E-state index in [1.54, 1.807) is 12.1 Å². The number of hydrogen-bond donors (Lipinski definition) is 2. The van der Waals surface area contributed by atoms with E-state index in [0.717, 1.165) is 4.90 Å². The van der Waals surface area contributed by atoms with Crippen molar-refractivity contribution in [3.63, 3.8) is 0 Å². The van der Waals surface area contributed by atoms with Gasteiger partial charge in [0.2, 0.25) is 13.1 Å². The summed E-state index contributed by atoms with van der Waals surface area (Å²) in [7, 11) is 1.37. The third-order valence-corrected chi connectivity index (χ3v) is 4.43. The van der Waals surface area contributed by atoms with Gasteiger partial charge in [0.15, 0.2) is 17.3 Å². The molecule has 3 N–H and O–H groups in total. The lowest BCUT2D eigenvalue weighted by Crippen LogP contribution is -2.43. The zero-order chi connectivity index (χ0) is 22.4. The van der Waals surface area contributed by atoms with Crippen molar-refractivity contribution in [1.82, 2.24) is 4.90 Å². The highest BCUT2D eigenvalue weighted by Crippen LogP contribution is 2.33. The molecule has 1 aromatic rings. The van der Waals surface area contributed by atoms with Crippen molar-refractivity contribution in [2.75, 3.05) is 13.8 Å². The lowest BCUT2D eigenvalue weighted by Gasteiger charge is -2.25. The molecule has 11 heteroatoms. The monoisotopic (exact) mass is 424 g/mol. The van der Waals surface area contributed by atoms with Gasteiger partial charge in [0.25, 0.3) is 0 Å². The van der Waals surface area contributed by atoms with Gasteiger partial charge in [0, 0.05) is 26.0 Å². The Hall–Kier alpha value is -3.34. The first-order valence-electron chi connectivity index (χ1n) is 9.15. The number of rotatable bonds is 9. The number of carboxylic acids is 1. The highest BCUT2D eigenvalue weighted by Gasteiger charge is 2.28. The number of carbonyl (C=O) groups is 4. The fourth-order valence-electron chi connectivity index (χ4n) is 2.52. The number of carbonyl (C=O) groups excluding carboxylic acids is 3. The molecule has 1 aliphatic rings. The summed E-state index contributed by atoms with van der Waals surface area (Å²) in [6.07, 6.45) is -2.59. The molecule has 3 atom stereocenters. The molecule has 1 heterocycles. The Morgan fingerprint density at radius 2 is 1.83 bits per heavy atom. The first kappa shape index (κ1) is 22.9. The average Bonchev–Trinajstić information content (AvgIpc) is 3.17. The predicted octanol–water partition coefficient (Wildman–Crippen LogP) is 1.14. The van der Waals surface area contributed by atoms with Gasteiger partial charge in [0.05, 0.1) is 6.04 Å². The highest BCUT2D eigenvalue weighted by atomic mass is 16.7. The van der Waals surface area contributed by atoms with Crippen molar-refractivity contribution in [2.45, 2.75) is 45.1 Å². The number of Topliss-reactive ketones (excluding diaryl/α,β-unsaturated/α-hetero) is 1. The largest absolute Gasteiger partial charge is 0.481 e. The second-order valence-corrected chi connectivity index (χ2v) is 6.65. The molecule has 30 heavy (non-hydrogen) atoms. The van der Waals surface area contributed by atoms with Gasteiger partial charge in [-0.1, -0.05) is 0 Å². The molecule has 2 rings (SSSR count). The van der Waals surface area contributed by atoms with E-state index in [0.29, 0.717) is 17.1 Å². The molecular formula is C19H24N2O9. The number of ether oxygens (including phenoxy) is 4. The van der Waals surface area contributed by atoms with Gasteiger partial charge in [-0.15, -0.1) is 0 Å². The van der Waals surface area contributed by atoms with Crippen LogP contribution in [0.3, 0.4) is 0 Å². The number of carboxylic acid groups (broad SMARTS) is 1. The molecular weight excluding hydrogens is 400 g/mol. The maximum Gasteiger partial charge on any atom is 0.413 e. The molecule has 3 unspecified atom stereocenters. The minimum absolute atomic E-state index is 0.0747. The van der Waals surface area contributed by atoms with Crippen LogP contribution in [0.1, 0.15) is 37.0 Å². The van der Waals surface area contributed by atoms with Crippen molar-refractivity contribution < 1.29 is 43.2 Å². The van der Waals surface area contributed by atoms with Crippen LogP contribution in [0.2, 0.25) is 0 Å². The summed E-state index contributed by atoms with van der Waals surface area (Å²) < 4.78 is 20.4. The summed E-state index contributed by atoms with van der Waals surface area (Å²) in [6, 6.07) is 2.66. The van der Waals surface area contributed by atoms with Gasteiger partial charge in [-0.05, 0) is 31.5 Å². The number of ketones is 1. The molecule has 11 nitrogen and oxygen atoms in total. The second kappa shape index (κ2) is 9.92. The number of likely N-dealkylation sites (N-methyl/N-ethyl adjacent to an activating group) is 1. The Morgan fingerprint density at radius 3 is 2.50 bits per heavy atom. The number of hydrogen-bond acceptors (Lipinski definition) is 9. The Bertz CT molecular complexity index is 826. The number of benzene rings is 1. The molecule has 1 aliphatic heterocycles. The van der Waals surface area contributed by atoms with Crippen molar-refractivity contribution >= 4 is 23.8 Å². The molecule has 0 bridgehead atoms. The van der Waals surface area contributed by atoms with Crippen LogP contribution < -0.4 is 15.2 Å². The van der Waals surface area contributed by atoms with Gasteiger partial charge < -0.3 is 34.7 Å². The standard InChI is InChI=1S/C19H24N2O9/c1-10(17(24)12-4-6-14-15(8-12)28-9-27-14)21(3)19(26)30-11(2)29-18(25)13(20)5-7-16(22)23/h4,6,8,10-11,13H,5,7,9,20H2,1-3H3,(H,22,23). The SMILES string of the molecule is CC(OC(=O)C(N)CCC(=O)O)OC(=O)N(C)C(C)C(=O)c1ccc2c(c1)OCO2. The third-order valence-electron chi connectivity index (χ3n) is 4.43. The molecule has 0 aliphatic carbocycles. The van der Waals surface area contributed by atoms with E-state index in [1.807, 2.05) is 0 Å². The zero-order valence-corrected chi connectivity index (χ0v) is 16.8. The Morgan fingerprint density at radius 1 is 1.17 bits per heavy atom. The molecule has 0 saturated carbocycles. The van der Waals surface area contributed by atoms with E-state index < -0.39 is 36.4 Å². The van der Waals surface area contributed by atoms with Gasteiger partial charge in [-0.3, -0.25) is 14.4 Å². The maximum absolute atomic E-state index is 12.7. The number of aliphatic carboxylic acids is 1. The maximum atomic E-state index is 12.7. The topological polar surface area (TPSA) is 155 Å². The van der Waals surface area contributed by atoms with Crippen molar-refractivity contribution in [3.8, 4) is 11.5 Å².